The van der Waals surface area contributed by atoms with Crippen LogP contribution in [0.15, 0.2) is 30.6 Å². The fourth-order valence-corrected chi connectivity index (χ4v) is 1.71. The lowest BCUT2D eigenvalue weighted by Crippen LogP contribution is -2.14. The van der Waals surface area contributed by atoms with E-state index in [4.69, 9.17) is 11.6 Å². The molecule has 6 heteroatoms. The van der Waals surface area contributed by atoms with Crippen LogP contribution >= 0.6 is 11.6 Å². The summed E-state index contributed by atoms with van der Waals surface area (Å²) in [5, 5.41) is 2.71. The number of benzene rings is 1. The van der Waals surface area contributed by atoms with Crippen LogP contribution in [0.3, 0.4) is 0 Å². The van der Waals surface area contributed by atoms with Crippen LogP contribution in [0.5, 0.6) is 0 Å². The minimum atomic E-state index is -0.460. The lowest BCUT2D eigenvalue weighted by molar-refractivity contribution is 0.102. The maximum atomic E-state index is 12.9. The third-order valence-corrected chi connectivity index (χ3v) is 2.81. The smallest absolute Gasteiger partial charge is 0.274 e. The summed E-state index contributed by atoms with van der Waals surface area (Å²) in [5.41, 5.74) is 1.35. The maximum absolute atomic E-state index is 12.9. The second-order valence-electron chi connectivity index (χ2n) is 3.83. The number of nitrogens with zero attached hydrogens (tertiary/aromatic N) is 2. The zero-order valence-corrected chi connectivity index (χ0v) is 10.9. The fourth-order valence-electron chi connectivity index (χ4n) is 1.49. The van der Waals surface area contributed by atoms with Gasteiger partial charge in [0.15, 0.2) is 0 Å². The molecule has 98 valence electrons. The molecule has 4 nitrogen and oxygen atoms in total. The number of hydrogen-bond acceptors (Lipinski definition) is 3. The summed E-state index contributed by atoms with van der Waals surface area (Å²) in [5.74, 6) is -0.871. The maximum Gasteiger partial charge on any atom is 0.274 e. The highest BCUT2D eigenvalue weighted by molar-refractivity contribution is 6.33. The van der Waals surface area contributed by atoms with E-state index in [2.05, 4.69) is 15.3 Å². The van der Waals surface area contributed by atoms with Gasteiger partial charge >= 0.3 is 0 Å². The molecule has 1 aromatic heterocycles. The molecule has 0 bridgehead atoms. The number of nitrogens with one attached hydrogen (secondary N) is 1. The molecule has 0 saturated heterocycles. The number of hydrogen-bond donors (Lipinski definition) is 1. The molecule has 1 heterocycles. The summed E-state index contributed by atoms with van der Waals surface area (Å²) in [4.78, 5) is 19.9. The van der Waals surface area contributed by atoms with Gasteiger partial charge in [-0.05, 0) is 30.7 Å². The highest BCUT2D eigenvalue weighted by atomic mass is 35.5. The van der Waals surface area contributed by atoms with E-state index >= 15 is 0 Å². The van der Waals surface area contributed by atoms with Gasteiger partial charge < -0.3 is 5.32 Å². The predicted molar refractivity (Wildman–Crippen MR) is 70.8 cm³/mol. The third kappa shape index (κ3) is 3.26. The van der Waals surface area contributed by atoms with Gasteiger partial charge in [-0.2, -0.15) is 0 Å². The second kappa shape index (κ2) is 5.75. The van der Waals surface area contributed by atoms with Gasteiger partial charge in [-0.1, -0.05) is 18.5 Å². The highest BCUT2D eigenvalue weighted by Crippen LogP contribution is 2.22. The van der Waals surface area contributed by atoms with Crippen LogP contribution in [0, 0.1) is 5.82 Å². The van der Waals surface area contributed by atoms with Crippen molar-refractivity contribution in [3.8, 4) is 0 Å². The van der Waals surface area contributed by atoms with Crippen molar-refractivity contribution in [3.63, 3.8) is 0 Å². The molecule has 0 atom stereocenters. The first-order chi connectivity index (χ1) is 9.10. The van der Waals surface area contributed by atoms with E-state index in [-0.39, 0.29) is 10.7 Å². The van der Waals surface area contributed by atoms with Crippen molar-refractivity contribution in [2.75, 3.05) is 5.32 Å². The first kappa shape index (κ1) is 13.4. The average Bonchev–Trinajstić information content (AvgIpc) is 2.42. The van der Waals surface area contributed by atoms with Gasteiger partial charge in [0.05, 0.1) is 10.7 Å². The minimum Gasteiger partial charge on any atom is -0.319 e. The Balaban J connectivity index is 2.20. The Labute approximate surface area is 114 Å². The highest BCUT2D eigenvalue weighted by Gasteiger charge is 2.11. The second-order valence-corrected chi connectivity index (χ2v) is 4.23. The SMILES string of the molecule is CCc1cc(C(=O)Nc2ccc(F)cc2Cl)ncn1. The molecule has 0 spiro atoms. The number of amides is 1. The van der Waals surface area contributed by atoms with Gasteiger partial charge in [0.25, 0.3) is 5.91 Å². The van der Waals surface area contributed by atoms with E-state index < -0.39 is 11.7 Å². The minimum absolute atomic E-state index is 0.137. The summed E-state index contributed by atoms with van der Waals surface area (Å²) in [6.07, 6.45) is 2.04. The average molecular weight is 280 g/mol. The van der Waals surface area contributed by atoms with E-state index in [1.54, 1.807) is 6.07 Å². The number of rotatable bonds is 3. The number of anilines is 1. The van der Waals surface area contributed by atoms with E-state index in [0.29, 0.717) is 12.1 Å². The van der Waals surface area contributed by atoms with Crippen LogP contribution in [0.4, 0.5) is 10.1 Å². The summed E-state index contributed by atoms with van der Waals surface area (Å²) in [7, 11) is 0. The van der Waals surface area contributed by atoms with Crippen LogP contribution in [-0.2, 0) is 6.42 Å². The van der Waals surface area contributed by atoms with Crippen molar-refractivity contribution in [1.82, 2.24) is 9.97 Å². The quantitative estimate of drug-likeness (QED) is 0.939. The molecule has 0 saturated carbocycles. The first-order valence-corrected chi connectivity index (χ1v) is 6.05. The molecule has 0 radical (unpaired) electrons. The van der Waals surface area contributed by atoms with Crippen LogP contribution < -0.4 is 5.32 Å². The van der Waals surface area contributed by atoms with Crippen molar-refractivity contribution in [2.24, 2.45) is 0 Å². The normalized spacial score (nSPS) is 10.3. The molecule has 0 fully saturated rings. The van der Waals surface area contributed by atoms with Gasteiger partial charge in [0.2, 0.25) is 0 Å². The van der Waals surface area contributed by atoms with E-state index in [0.717, 1.165) is 11.8 Å². The zero-order valence-electron chi connectivity index (χ0n) is 10.2. The van der Waals surface area contributed by atoms with E-state index in [1.807, 2.05) is 6.92 Å². The molecular weight excluding hydrogens is 269 g/mol. The van der Waals surface area contributed by atoms with Crippen LogP contribution in [-0.4, -0.2) is 15.9 Å². The monoisotopic (exact) mass is 279 g/mol. The number of halogens is 2. The molecule has 2 rings (SSSR count). The number of carbonyl (C=O) groups excluding carboxylic acids is 1. The van der Waals surface area contributed by atoms with Crippen molar-refractivity contribution < 1.29 is 9.18 Å². The van der Waals surface area contributed by atoms with Crippen molar-refractivity contribution in [1.29, 1.82) is 0 Å². The summed E-state index contributed by atoms with van der Waals surface area (Å²) < 4.78 is 12.9. The van der Waals surface area contributed by atoms with E-state index in [9.17, 15) is 9.18 Å². The molecular formula is C13H11ClFN3O. The van der Waals surface area contributed by atoms with Crippen LogP contribution in [0.1, 0.15) is 23.1 Å². The van der Waals surface area contributed by atoms with Crippen LogP contribution in [0.2, 0.25) is 5.02 Å². The number of aromatic nitrogens is 2. The Hall–Kier alpha value is -2.01. The Bertz CT molecular complexity index is 619. The van der Waals surface area contributed by atoms with Gasteiger partial charge in [0, 0.05) is 5.69 Å². The molecule has 0 unspecified atom stereocenters. The lowest BCUT2D eigenvalue weighted by atomic mass is 10.2. The Morgan fingerprint density at radius 1 is 1.37 bits per heavy atom. The Morgan fingerprint density at radius 2 is 2.16 bits per heavy atom. The molecule has 1 amide bonds. The molecule has 1 N–H and O–H groups in total. The topological polar surface area (TPSA) is 54.9 Å². The first-order valence-electron chi connectivity index (χ1n) is 5.67. The molecule has 0 aliphatic heterocycles. The Kier molecular flexibility index (Phi) is 4.06. The number of aryl methyl sites for hydroxylation is 1. The van der Waals surface area contributed by atoms with Gasteiger partial charge in [0.1, 0.15) is 17.8 Å². The van der Waals surface area contributed by atoms with Crippen molar-refractivity contribution in [2.45, 2.75) is 13.3 Å². The largest absolute Gasteiger partial charge is 0.319 e. The standard InChI is InChI=1S/C13H11ClFN3O/c1-2-9-6-12(17-7-16-9)13(19)18-11-4-3-8(15)5-10(11)14/h3-7H,2H2,1H3,(H,18,19). The van der Waals surface area contributed by atoms with Crippen LogP contribution in [0.25, 0.3) is 0 Å². The van der Waals surface area contributed by atoms with Gasteiger partial charge in [-0.25, -0.2) is 14.4 Å². The van der Waals surface area contributed by atoms with E-state index in [1.165, 1.54) is 18.5 Å². The molecule has 0 aliphatic carbocycles. The lowest BCUT2D eigenvalue weighted by Gasteiger charge is -2.07. The number of carbonyl (C=O) groups is 1. The zero-order chi connectivity index (χ0) is 13.8. The summed E-state index contributed by atoms with van der Waals surface area (Å²) >= 11 is 5.83. The van der Waals surface area contributed by atoms with Gasteiger partial charge in [-0.3, -0.25) is 4.79 Å². The van der Waals surface area contributed by atoms with Crippen molar-refractivity contribution >= 4 is 23.2 Å². The van der Waals surface area contributed by atoms with Crippen molar-refractivity contribution in [3.05, 3.63) is 52.8 Å². The summed E-state index contributed by atoms with van der Waals surface area (Å²) in [6.45, 7) is 1.93. The molecule has 2 aromatic rings. The molecule has 0 aliphatic rings. The Morgan fingerprint density at radius 3 is 2.84 bits per heavy atom. The summed E-state index contributed by atoms with van der Waals surface area (Å²) in [6, 6.07) is 5.36. The molecule has 1 aromatic carbocycles. The molecule has 19 heavy (non-hydrogen) atoms. The third-order valence-electron chi connectivity index (χ3n) is 2.50. The van der Waals surface area contributed by atoms with Gasteiger partial charge in [-0.15, -0.1) is 0 Å². The predicted octanol–water partition coefficient (Wildman–Crippen LogP) is 3.08. The fraction of sp³-hybridized carbons (Fsp3) is 0.154.